The van der Waals surface area contributed by atoms with Gasteiger partial charge in [0.1, 0.15) is 5.75 Å². The smallest absolute Gasteiger partial charge is 0.115 e. The molecule has 1 atom stereocenters. The minimum absolute atomic E-state index is 0.314. The molecule has 2 heteroatoms. The van der Waals surface area contributed by atoms with Crippen molar-refractivity contribution in [2.75, 3.05) is 0 Å². The summed E-state index contributed by atoms with van der Waals surface area (Å²) in [6.45, 7) is 5.11. The molecule has 19 heavy (non-hydrogen) atoms. The lowest BCUT2D eigenvalue weighted by molar-refractivity contribution is 0.474. The Kier molecular flexibility index (Phi) is 4.58. The molecule has 0 bridgehead atoms. The van der Waals surface area contributed by atoms with Crippen LogP contribution < -0.4 is 5.32 Å². The lowest BCUT2D eigenvalue weighted by Gasteiger charge is -2.17. The Labute approximate surface area is 115 Å². The second kappa shape index (κ2) is 6.39. The number of rotatable bonds is 5. The third kappa shape index (κ3) is 3.83. The minimum atomic E-state index is 0.314. The maximum absolute atomic E-state index is 9.26. The molecular formula is C17H21NO. The van der Waals surface area contributed by atoms with E-state index in [0.717, 1.165) is 13.0 Å². The molecule has 2 aromatic rings. The molecule has 0 heterocycles. The predicted molar refractivity (Wildman–Crippen MR) is 79.2 cm³/mol. The zero-order chi connectivity index (χ0) is 13.7. The van der Waals surface area contributed by atoms with Crippen molar-refractivity contribution in [3.8, 4) is 5.75 Å². The van der Waals surface area contributed by atoms with Crippen molar-refractivity contribution in [2.45, 2.75) is 32.9 Å². The maximum Gasteiger partial charge on any atom is 0.115 e. The van der Waals surface area contributed by atoms with Crippen LogP contribution in [-0.2, 0) is 6.54 Å². The van der Waals surface area contributed by atoms with E-state index >= 15 is 0 Å². The summed E-state index contributed by atoms with van der Waals surface area (Å²) >= 11 is 0. The Morgan fingerprint density at radius 2 is 1.63 bits per heavy atom. The van der Waals surface area contributed by atoms with Gasteiger partial charge in [0.05, 0.1) is 0 Å². The zero-order valence-electron chi connectivity index (χ0n) is 11.6. The van der Waals surface area contributed by atoms with Crippen molar-refractivity contribution >= 4 is 0 Å². The molecule has 0 aliphatic carbocycles. The van der Waals surface area contributed by atoms with Gasteiger partial charge in [0.25, 0.3) is 0 Å². The van der Waals surface area contributed by atoms with Crippen molar-refractivity contribution in [3.05, 3.63) is 65.2 Å². The first-order valence-electron chi connectivity index (χ1n) is 6.77. The summed E-state index contributed by atoms with van der Waals surface area (Å²) in [5.41, 5.74) is 3.80. The lowest BCUT2D eigenvalue weighted by atomic mass is 10.0. The van der Waals surface area contributed by atoms with Crippen LogP contribution in [0.5, 0.6) is 5.75 Å². The number of hydrogen-bond acceptors (Lipinski definition) is 2. The highest BCUT2D eigenvalue weighted by atomic mass is 16.3. The molecule has 0 saturated heterocycles. The third-order valence-electron chi connectivity index (χ3n) is 3.38. The highest BCUT2D eigenvalue weighted by Gasteiger charge is 2.08. The molecular weight excluding hydrogens is 234 g/mol. The molecule has 2 N–H and O–H groups in total. The van der Waals surface area contributed by atoms with Crippen molar-refractivity contribution in [1.82, 2.24) is 5.32 Å². The van der Waals surface area contributed by atoms with E-state index in [2.05, 4.69) is 43.4 Å². The number of aryl methyl sites for hydroxylation is 1. The first-order chi connectivity index (χ1) is 9.19. The van der Waals surface area contributed by atoms with E-state index in [4.69, 9.17) is 0 Å². The van der Waals surface area contributed by atoms with Crippen LogP contribution in [0.4, 0.5) is 0 Å². The molecule has 100 valence electrons. The Morgan fingerprint density at radius 3 is 2.21 bits per heavy atom. The molecule has 0 radical (unpaired) electrons. The van der Waals surface area contributed by atoms with Crippen molar-refractivity contribution < 1.29 is 5.11 Å². The number of aromatic hydroxyl groups is 1. The lowest BCUT2D eigenvalue weighted by Crippen LogP contribution is -2.20. The zero-order valence-corrected chi connectivity index (χ0v) is 11.6. The van der Waals surface area contributed by atoms with Gasteiger partial charge < -0.3 is 10.4 Å². The van der Waals surface area contributed by atoms with E-state index in [1.807, 2.05) is 12.1 Å². The van der Waals surface area contributed by atoms with Gasteiger partial charge >= 0.3 is 0 Å². The van der Waals surface area contributed by atoms with E-state index in [1.54, 1.807) is 12.1 Å². The first-order valence-corrected chi connectivity index (χ1v) is 6.77. The van der Waals surface area contributed by atoms with E-state index in [0.29, 0.717) is 11.8 Å². The van der Waals surface area contributed by atoms with Crippen LogP contribution >= 0.6 is 0 Å². The summed E-state index contributed by atoms with van der Waals surface area (Å²) in [6, 6.07) is 16.4. The Balaban J connectivity index is 1.99. The summed E-state index contributed by atoms with van der Waals surface area (Å²) in [4.78, 5) is 0. The van der Waals surface area contributed by atoms with Gasteiger partial charge in [-0.2, -0.15) is 0 Å². The van der Waals surface area contributed by atoms with Gasteiger partial charge in [-0.05, 0) is 36.6 Å². The monoisotopic (exact) mass is 255 g/mol. The fraction of sp³-hybridized carbons (Fsp3) is 0.294. The normalized spacial score (nSPS) is 12.3. The van der Waals surface area contributed by atoms with Crippen molar-refractivity contribution in [3.63, 3.8) is 0 Å². The van der Waals surface area contributed by atoms with Gasteiger partial charge in [-0.25, -0.2) is 0 Å². The van der Waals surface area contributed by atoms with Crippen LogP contribution in [0, 0.1) is 6.92 Å². The number of hydrogen-bond donors (Lipinski definition) is 2. The fourth-order valence-corrected chi connectivity index (χ4v) is 2.15. The summed E-state index contributed by atoms with van der Waals surface area (Å²) in [6.07, 6.45) is 1.06. The third-order valence-corrected chi connectivity index (χ3v) is 3.38. The SMILES string of the molecule is CCC(NCc1ccc(O)cc1)c1ccc(C)cc1. The van der Waals surface area contributed by atoms with E-state index in [9.17, 15) is 5.11 Å². The van der Waals surface area contributed by atoms with E-state index in [-0.39, 0.29) is 0 Å². The van der Waals surface area contributed by atoms with Gasteiger partial charge in [0.15, 0.2) is 0 Å². The molecule has 0 saturated carbocycles. The highest BCUT2D eigenvalue weighted by Crippen LogP contribution is 2.18. The van der Waals surface area contributed by atoms with E-state index < -0.39 is 0 Å². The summed E-state index contributed by atoms with van der Waals surface area (Å²) < 4.78 is 0. The highest BCUT2D eigenvalue weighted by molar-refractivity contribution is 5.27. The van der Waals surface area contributed by atoms with Gasteiger partial charge in [0, 0.05) is 12.6 Å². The largest absolute Gasteiger partial charge is 0.508 e. The number of phenols is 1. The molecule has 0 aliphatic rings. The van der Waals surface area contributed by atoms with Crippen LogP contribution in [0.15, 0.2) is 48.5 Å². The summed E-state index contributed by atoms with van der Waals surface area (Å²) in [7, 11) is 0. The molecule has 0 spiro atoms. The molecule has 1 unspecified atom stereocenters. The topological polar surface area (TPSA) is 32.3 Å². The molecule has 0 aliphatic heterocycles. The second-order valence-electron chi connectivity index (χ2n) is 4.92. The van der Waals surface area contributed by atoms with Crippen molar-refractivity contribution in [1.29, 1.82) is 0 Å². The van der Waals surface area contributed by atoms with Gasteiger partial charge in [0.2, 0.25) is 0 Å². The first kappa shape index (κ1) is 13.6. The molecule has 0 fully saturated rings. The Bertz CT molecular complexity index is 502. The Morgan fingerprint density at radius 1 is 1.00 bits per heavy atom. The number of nitrogens with one attached hydrogen (secondary N) is 1. The maximum atomic E-state index is 9.26. The molecule has 2 rings (SSSR count). The summed E-state index contributed by atoms with van der Waals surface area (Å²) in [5, 5.41) is 12.8. The predicted octanol–water partition coefficient (Wildman–Crippen LogP) is 3.94. The molecule has 2 nitrogen and oxygen atoms in total. The number of phenolic OH excluding ortho intramolecular Hbond substituents is 1. The van der Waals surface area contributed by atoms with Crippen LogP contribution in [-0.4, -0.2) is 5.11 Å². The average Bonchev–Trinajstić information content (AvgIpc) is 2.43. The quantitative estimate of drug-likeness (QED) is 0.848. The molecule has 0 aromatic heterocycles. The molecule has 0 amide bonds. The van der Waals surface area contributed by atoms with Gasteiger partial charge in [-0.15, -0.1) is 0 Å². The Hall–Kier alpha value is -1.80. The van der Waals surface area contributed by atoms with Gasteiger partial charge in [-0.1, -0.05) is 48.9 Å². The van der Waals surface area contributed by atoms with Crippen LogP contribution in [0.3, 0.4) is 0 Å². The summed E-state index contributed by atoms with van der Waals surface area (Å²) in [5.74, 6) is 0.314. The van der Waals surface area contributed by atoms with Crippen LogP contribution in [0.1, 0.15) is 36.1 Å². The van der Waals surface area contributed by atoms with Crippen LogP contribution in [0.2, 0.25) is 0 Å². The van der Waals surface area contributed by atoms with Gasteiger partial charge in [-0.3, -0.25) is 0 Å². The van der Waals surface area contributed by atoms with E-state index in [1.165, 1.54) is 16.7 Å². The molecule has 2 aromatic carbocycles. The average molecular weight is 255 g/mol. The minimum Gasteiger partial charge on any atom is -0.508 e. The fourth-order valence-electron chi connectivity index (χ4n) is 2.15. The van der Waals surface area contributed by atoms with Crippen LogP contribution in [0.25, 0.3) is 0 Å². The second-order valence-corrected chi connectivity index (χ2v) is 4.92. The standard InChI is InChI=1S/C17H21NO/c1-3-17(15-8-4-13(2)5-9-15)18-12-14-6-10-16(19)11-7-14/h4-11,17-19H,3,12H2,1-2H3. The van der Waals surface area contributed by atoms with Crippen molar-refractivity contribution in [2.24, 2.45) is 0 Å². The number of benzene rings is 2.